The first kappa shape index (κ1) is 19.0. The average molecular weight is 373 g/mol. The lowest BCUT2D eigenvalue weighted by Crippen LogP contribution is -2.54. The van der Waals surface area contributed by atoms with E-state index in [2.05, 4.69) is 5.32 Å². The van der Waals surface area contributed by atoms with Crippen LogP contribution in [-0.4, -0.2) is 53.8 Å². The third-order valence-electron chi connectivity index (χ3n) is 4.74. The van der Waals surface area contributed by atoms with Crippen LogP contribution in [0.3, 0.4) is 0 Å². The van der Waals surface area contributed by atoms with Gasteiger partial charge < -0.3 is 10.2 Å². The maximum atomic E-state index is 13.7. The molecule has 1 unspecified atom stereocenters. The molecule has 7 heteroatoms. The van der Waals surface area contributed by atoms with Gasteiger partial charge in [0.25, 0.3) is 5.91 Å². The largest absolute Gasteiger partial charge is 0.336 e. The Morgan fingerprint density at radius 3 is 2.30 bits per heavy atom. The Labute approximate surface area is 156 Å². The van der Waals surface area contributed by atoms with Gasteiger partial charge in [0.2, 0.25) is 5.91 Å². The Kier molecular flexibility index (Phi) is 5.81. The van der Waals surface area contributed by atoms with Gasteiger partial charge in [0.15, 0.2) is 0 Å². The van der Waals surface area contributed by atoms with Gasteiger partial charge in [0.1, 0.15) is 11.6 Å². The Balaban J connectivity index is 1.55. The monoisotopic (exact) mass is 373 g/mol. The third-order valence-corrected chi connectivity index (χ3v) is 4.74. The molecule has 5 nitrogen and oxygen atoms in total. The second-order valence-corrected chi connectivity index (χ2v) is 6.48. The number of benzene rings is 2. The highest BCUT2D eigenvalue weighted by molar-refractivity contribution is 5.95. The summed E-state index contributed by atoms with van der Waals surface area (Å²) >= 11 is 0. The van der Waals surface area contributed by atoms with Crippen LogP contribution in [0.2, 0.25) is 0 Å². The van der Waals surface area contributed by atoms with E-state index in [9.17, 15) is 18.4 Å². The zero-order chi connectivity index (χ0) is 19.4. The Morgan fingerprint density at radius 1 is 1.00 bits per heavy atom. The number of nitrogens with one attached hydrogen (secondary N) is 1. The van der Waals surface area contributed by atoms with Crippen molar-refractivity contribution in [3.63, 3.8) is 0 Å². The first-order valence-corrected chi connectivity index (χ1v) is 8.80. The maximum Gasteiger partial charge on any atom is 0.253 e. The molecule has 0 saturated carbocycles. The smallest absolute Gasteiger partial charge is 0.253 e. The molecular weight excluding hydrogens is 352 g/mol. The number of amides is 2. The van der Waals surface area contributed by atoms with Gasteiger partial charge in [-0.25, -0.2) is 8.78 Å². The summed E-state index contributed by atoms with van der Waals surface area (Å²) in [4.78, 5) is 28.6. The standard InChI is InChI=1S/C20H21F2N3O2/c1-14(19(26)23-18-8-7-16(21)13-17(18)22)24-9-11-25(12-10-24)20(27)15-5-3-2-4-6-15/h2-8,13-14H,9-12H2,1H3,(H,23,26). The highest BCUT2D eigenvalue weighted by Crippen LogP contribution is 2.17. The van der Waals surface area contributed by atoms with Crippen LogP contribution < -0.4 is 5.32 Å². The van der Waals surface area contributed by atoms with Crippen molar-refractivity contribution in [2.24, 2.45) is 0 Å². The van der Waals surface area contributed by atoms with Gasteiger partial charge >= 0.3 is 0 Å². The lowest BCUT2D eigenvalue weighted by Gasteiger charge is -2.37. The molecule has 1 atom stereocenters. The molecule has 0 aliphatic carbocycles. The lowest BCUT2D eigenvalue weighted by atomic mass is 10.1. The molecule has 1 fully saturated rings. The number of hydrogen-bond donors (Lipinski definition) is 1. The van der Waals surface area contributed by atoms with E-state index < -0.39 is 17.7 Å². The van der Waals surface area contributed by atoms with Gasteiger partial charge in [-0.3, -0.25) is 14.5 Å². The summed E-state index contributed by atoms with van der Waals surface area (Å²) in [5, 5.41) is 2.49. The van der Waals surface area contributed by atoms with Crippen LogP contribution in [0.25, 0.3) is 0 Å². The summed E-state index contributed by atoms with van der Waals surface area (Å²) in [7, 11) is 0. The Bertz CT molecular complexity index is 821. The van der Waals surface area contributed by atoms with Crippen LogP contribution in [0.15, 0.2) is 48.5 Å². The molecule has 1 aliphatic heterocycles. The highest BCUT2D eigenvalue weighted by Gasteiger charge is 2.28. The summed E-state index contributed by atoms with van der Waals surface area (Å²) < 4.78 is 26.7. The number of rotatable bonds is 4. The van der Waals surface area contributed by atoms with Crippen molar-refractivity contribution >= 4 is 17.5 Å². The molecule has 1 saturated heterocycles. The van der Waals surface area contributed by atoms with Gasteiger partial charge in [-0.05, 0) is 31.2 Å². The molecule has 0 spiro atoms. The fourth-order valence-electron chi connectivity index (χ4n) is 3.07. The van der Waals surface area contributed by atoms with Crippen molar-refractivity contribution in [1.82, 2.24) is 9.80 Å². The van der Waals surface area contributed by atoms with Crippen molar-refractivity contribution < 1.29 is 18.4 Å². The minimum absolute atomic E-state index is 0.0271. The molecule has 0 aromatic heterocycles. The summed E-state index contributed by atoms with van der Waals surface area (Å²) in [6.07, 6.45) is 0. The molecule has 142 valence electrons. The molecule has 0 radical (unpaired) electrons. The van der Waals surface area contributed by atoms with Crippen LogP contribution in [0, 0.1) is 11.6 Å². The molecule has 2 amide bonds. The minimum atomic E-state index is -0.811. The van der Waals surface area contributed by atoms with E-state index in [4.69, 9.17) is 0 Å². The number of anilines is 1. The Hall–Kier alpha value is -2.80. The van der Waals surface area contributed by atoms with Crippen LogP contribution in [-0.2, 0) is 4.79 Å². The molecule has 2 aromatic carbocycles. The normalized spacial score (nSPS) is 16.0. The summed E-state index contributed by atoms with van der Waals surface area (Å²) in [6.45, 7) is 3.83. The van der Waals surface area contributed by atoms with E-state index >= 15 is 0 Å². The first-order chi connectivity index (χ1) is 13.0. The van der Waals surface area contributed by atoms with E-state index in [0.29, 0.717) is 31.7 Å². The summed E-state index contributed by atoms with van der Waals surface area (Å²) in [5.41, 5.74) is 0.592. The highest BCUT2D eigenvalue weighted by atomic mass is 19.1. The minimum Gasteiger partial charge on any atom is -0.336 e. The number of nitrogens with zero attached hydrogens (tertiary/aromatic N) is 2. The number of halogens is 2. The van der Waals surface area contributed by atoms with E-state index in [1.54, 1.807) is 24.0 Å². The fourth-order valence-corrected chi connectivity index (χ4v) is 3.07. The van der Waals surface area contributed by atoms with Crippen LogP contribution in [0.5, 0.6) is 0 Å². The predicted octanol–water partition coefficient (Wildman–Crippen LogP) is 2.75. The third kappa shape index (κ3) is 4.49. The van der Waals surface area contributed by atoms with Gasteiger partial charge in [-0.2, -0.15) is 0 Å². The van der Waals surface area contributed by atoms with E-state index in [1.165, 1.54) is 6.07 Å². The van der Waals surface area contributed by atoms with Crippen molar-refractivity contribution in [1.29, 1.82) is 0 Å². The van der Waals surface area contributed by atoms with Crippen LogP contribution in [0.4, 0.5) is 14.5 Å². The molecule has 0 bridgehead atoms. The molecular formula is C20H21F2N3O2. The first-order valence-electron chi connectivity index (χ1n) is 8.80. The van der Waals surface area contributed by atoms with Crippen LogP contribution in [0.1, 0.15) is 17.3 Å². The molecule has 1 aliphatic rings. The molecule has 27 heavy (non-hydrogen) atoms. The van der Waals surface area contributed by atoms with Gasteiger partial charge in [-0.1, -0.05) is 18.2 Å². The van der Waals surface area contributed by atoms with Gasteiger partial charge in [-0.15, -0.1) is 0 Å². The predicted molar refractivity (Wildman–Crippen MR) is 98.4 cm³/mol. The Morgan fingerprint density at radius 2 is 1.67 bits per heavy atom. The van der Waals surface area contributed by atoms with Crippen molar-refractivity contribution in [3.05, 3.63) is 65.7 Å². The molecule has 3 rings (SSSR count). The number of hydrogen-bond acceptors (Lipinski definition) is 3. The van der Waals surface area contributed by atoms with Gasteiger partial charge in [0.05, 0.1) is 11.7 Å². The average Bonchev–Trinajstić information content (AvgIpc) is 2.69. The number of carbonyl (C=O) groups excluding carboxylic acids is 2. The van der Waals surface area contributed by atoms with Crippen molar-refractivity contribution in [2.75, 3.05) is 31.5 Å². The SMILES string of the molecule is CC(C(=O)Nc1ccc(F)cc1F)N1CCN(C(=O)c2ccccc2)CC1. The zero-order valence-electron chi connectivity index (χ0n) is 15.0. The molecule has 1 N–H and O–H groups in total. The number of carbonyl (C=O) groups is 2. The van der Waals surface area contributed by atoms with Crippen molar-refractivity contribution in [3.8, 4) is 0 Å². The lowest BCUT2D eigenvalue weighted by molar-refractivity contribution is -0.121. The number of piperazine rings is 1. The van der Waals surface area contributed by atoms with E-state index in [-0.39, 0.29) is 17.5 Å². The second kappa shape index (κ2) is 8.26. The van der Waals surface area contributed by atoms with Crippen LogP contribution >= 0.6 is 0 Å². The van der Waals surface area contributed by atoms with E-state index in [1.807, 2.05) is 23.1 Å². The van der Waals surface area contributed by atoms with Gasteiger partial charge in [0, 0.05) is 37.8 Å². The molecule has 1 heterocycles. The topological polar surface area (TPSA) is 52.7 Å². The quantitative estimate of drug-likeness (QED) is 0.897. The fraction of sp³-hybridized carbons (Fsp3) is 0.300. The summed E-state index contributed by atoms with van der Waals surface area (Å²) in [6, 6.07) is 11.6. The van der Waals surface area contributed by atoms with E-state index in [0.717, 1.165) is 12.1 Å². The molecule has 2 aromatic rings. The summed E-state index contributed by atoms with van der Waals surface area (Å²) in [5.74, 6) is -1.91. The maximum absolute atomic E-state index is 13.7. The van der Waals surface area contributed by atoms with Crippen molar-refractivity contribution in [2.45, 2.75) is 13.0 Å². The second-order valence-electron chi connectivity index (χ2n) is 6.48. The zero-order valence-corrected chi connectivity index (χ0v) is 15.0.